The number of rotatable bonds is 7. The number of aliphatic hydroxyl groups excluding tert-OH is 1. The van der Waals surface area contributed by atoms with Crippen LogP contribution in [0.5, 0.6) is 6.01 Å². The van der Waals surface area contributed by atoms with Gasteiger partial charge in [-0.25, -0.2) is 9.37 Å². The van der Waals surface area contributed by atoms with Crippen LogP contribution in [0.2, 0.25) is 5.02 Å². The van der Waals surface area contributed by atoms with E-state index in [9.17, 15) is 5.11 Å². The lowest BCUT2D eigenvalue weighted by Gasteiger charge is -2.16. The fourth-order valence-corrected chi connectivity index (χ4v) is 5.37. The smallest absolute Gasteiger partial charge is 0.296 e. The maximum absolute atomic E-state index is 15.1. The van der Waals surface area contributed by atoms with Gasteiger partial charge in [0.1, 0.15) is 29.9 Å². The normalized spacial score (nSPS) is 27.2. The van der Waals surface area contributed by atoms with Gasteiger partial charge in [0.05, 0.1) is 36.4 Å². The van der Waals surface area contributed by atoms with E-state index in [0.29, 0.717) is 40.8 Å². The van der Waals surface area contributed by atoms with Crippen molar-refractivity contribution in [3.05, 3.63) is 51.8 Å². The summed E-state index contributed by atoms with van der Waals surface area (Å²) in [4.78, 5) is 12.1. The van der Waals surface area contributed by atoms with Crippen LogP contribution < -0.4 is 10.1 Å². The molecular weight excluding hydrogens is 491 g/mol. The van der Waals surface area contributed by atoms with Gasteiger partial charge in [0.15, 0.2) is 11.8 Å². The summed E-state index contributed by atoms with van der Waals surface area (Å²) in [6.45, 7) is 0.987. The van der Waals surface area contributed by atoms with E-state index in [1.54, 1.807) is 13.2 Å². The van der Waals surface area contributed by atoms with Gasteiger partial charge in [-0.3, -0.25) is 0 Å². The average Bonchev–Trinajstić information content (AvgIpc) is 3.61. The van der Waals surface area contributed by atoms with Crippen molar-refractivity contribution in [3.8, 4) is 6.01 Å². The number of ether oxygens (including phenoxy) is 4. The number of H-pyrrole nitrogens is 1. The molecule has 2 aliphatic heterocycles. The lowest BCUT2D eigenvalue weighted by molar-refractivity contribution is 0.00706. The zero-order valence-electron chi connectivity index (χ0n) is 19.5. The Morgan fingerprint density at radius 2 is 2.11 bits per heavy atom. The fraction of sp³-hybridized carbons (Fsp3) is 0.440. The second kappa shape index (κ2) is 9.60. The van der Waals surface area contributed by atoms with Crippen LogP contribution in [0.1, 0.15) is 29.2 Å². The van der Waals surface area contributed by atoms with E-state index in [0.717, 1.165) is 24.0 Å². The Balaban J connectivity index is 1.20. The number of aliphatic hydroxyl groups is 1. The van der Waals surface area contributed by atoms with Gasteiger partial charge in [0.2, 0.25) is 0 Å². The Kier molecular flexibility index (Phi) is 6.30. The number of benzene rings is 1. The molecule has 0 saturated carbocycles. The van der Waals surface area contributed by atoms with Crippen LogP contribution in [0.4, 0.5) is 10.2 Å². The van der Waals surface area contributed by atoms with Crippen molar-refractivity contribution >= 4 is 34.7 Å². The van der Waals surface area contributed by atoms with Gasteiger partial charge < -0.3 is 34.4 Å². The van der Waals surface area contributed by atoms with Crippen LogP contribution >= 0.6 is 11.6 Å². The summed E-state index contributed by atoms with van der Waals surface area (Å²) in [6, 6.07) is 5.26. The van der Waals surface area contributed by atoms with Crippen LogP contribution in [0.3, 0.4) is 0 Å². The molecule has 2 saturated heterocycles. The molecule has 3 aromatic rings. The molecule has 0 amide bonds. The first-order chi connectivity index (χ1) is 17.5. The zero-order valence-corrected chi connectivity index (χ0v) is 20.3. The van der Waals surface area contributed by atoms with Crippen molar-refractivity contribution in [2.24, 2.45) is 0 Å². The van der Waals surface area contributed by atoms with Gasteiger partial charge in [-0.05, 0) is 36.1 Å². The maximum atomic E-state index is 15.1. The number of methoxy groups -OCH3 is 1. The lowest BCUT2D eigenvalue weighted by Crippen LogP contribution is -2.34. The van der Waals surface area contributed by atoms with Gasteiger partial charge in [-0.15, -0.1) is 0 Å². The predicted octanol–water partition coefficient (Wildman–Crippen LogP) is 3.42. The number of aryl methyl sites for hydroxylation is 1. The van der Waals surface area contributed by atoms with E-state index in [1.165, 1.54) is 6.07 Å². The average molecular weight is 517 g/mol. The molecule has 190 valence electrons. The highest BCUT2D eigenvalue weighted by molar-refractivity contribution is 6.33. The van der Waals surface area contributed by atoms with Crippen molar-refractivity contribution in [2.75, 3.05) is 32.2 Å². The number of hydrogen-bond donors (Lipinski definition) is 3. The monoisotopic (exact) mass is 516 g/mol. The molecule has 0 radical (unpaired) electrons. The highest BCUT2D eigenvalue weighted by atomic mass is 35.5. The predicted molar refractivity (Wildman–Crippen MR) is 131 cm³/mol. The second-order valence-corrected chi connectivity index (χ2v) is 9.63. The molecular formula is C25H26ClFN4O5. The number of nitrogens with one attached hydrogen (secondary N) is 2. The van der Waals surface area contributed by atoms with Crippen LogP contribution in [0.25, 0.3) is 17.2 Å². The van der Waals surface area contributed by atoms with Gasteiger partial charge in [0, 0.05) is 12.7 Å². The number of aromatic amines is 1. The van der Waals surface area contributed by atoms with E-state index < -0.39 is 18.3 Å². The Hall–Kier alpha value is -2.76. The standard InChI is InChI=1S/C25H26ClFN4O5/c1-33-6-2-3-12-7-13-4-5-16(20(13)15(27)8-12)28-23-14(26)9-17-24(30-23)31-25(29-17)36-19-11-35-21-18(32)10-34-22(19)21/h2-3,7-9,16,18-19,21-22,32H,4-6,10-11H2,1H3,(H2,28,29,30,31)/b3-2+/t16?,18-,19-,21-,22-/m1/s1. The van der Waals surface area contributed by atoms with Gasteiger partial charge in [0.25, 0.3) is 6.01 Å². The third-order valence-electron chi connectivity index (χ3n) is 6.82. The number of pyridine rings is 1. The first-order valence-corrected chi connectivity index (χ1v) is 12.3. The van der Waals surface area contributed by atoms with Crippen LogP contribution in [-0.4, -0.2) is 71.4 Å². The maximum Gasteiger partial charge on any atom is 0.296 e. The Morgan fingerprint density at radius 3 is 2.97 bits per heavy atom. The number of imidazole rings is 1. The number of halogens is 2. The van der Waals surface area contributed by atoms with Crippen molar-refractivity contribution in [1.29, 1.82) is 0 Å². The Morgan fingerprint density at radius 1 is 1.25 bits per heavy atom. The highest BCUT2D eigenvalue weighted by Gasteiger charge is 2.48. The van der Waals surface area contributed by atoms with Crippen molar-refractivity contribution in [1.82, 2.24) is 15.0 Å². The summed E-state index contributed by atoms with van der Waals surface area (Å²) in [5, 5.41) is 13.6. The summed E-state index contributed by atoms with van der Waals surface area (Å²) in [5.74, 6) is 0.165. The molecule has 1 aliphatic carbocycles. The van der Waals surface area contributed by atoms with E-state index in [4.69, 9.17) is 30.5 Å². The fourth-order valence-electron chi connectivity index (χ4n) is 5.17. The number of anilines is 1. The molecule has 3 N–H and O–H groups in total. The molecule has 6 rings (SSSR count). The Labute approximate surface area is 211 Å². The van der Waals surface area contributed by atoms with E-state index in [-0.39, 0.29) is 30.6 Å². The minimum absolute atomic E-state index is 0.220. The molecule has 4 heterocycles. The SMILES string of the molecule is COC/C=C/c1cc(F)c2c(c1)CCC2Nc1nc2nc(O[C@@H]3CO[C@H]4[C@@H]3OC[C@H]4O)[nH]c2cc1Cl. The number of aromatic nitrogens is 3. The van der Waals surface area contributed by atoms with Crippen LogP contribution in [0.15, 0.2) is 24.3 Å². The Bertz CT molecular complexity index is 1320. The van der Waals surface area contributed by atoms with Crippen molar-refractivity contribution in [2.45, 2.75) is 43.3 Å². The van der Waals surface area contributed by atoms with Crippen LogP contribution in [-0.2, 0) is 20.6 Å². The molecule has 1 unspecified atom stereocenters. The number of fused-ring (bicyclic) bond motifs is 3. The third-order valence-corrected chi connectivity index (χ3v) is 7.11. The molecule has 2 aromatic heterocycles. The third kappa shape index (κ3) is 4.33. The summed E-state index contributed by atoms with van der Waals surface area (Å²) in [6.07, 6.45) is 3.39. The molecule has 3 aliphatic rings. The second-order valence-electron chi connectivity index (χ2n) is 9.22. The van der Waals surface area contributed by atoms with Gasteiger partial charge >= 0.3 is 0 Å². The molecule has 5 atom stereocenters. The minimum atomic E-state index is -0.655. The molecule has 9 nitrogen and oxygen atoms in total. The summed E-state index contributed by atoms with van der Waals surface area (Å²) >= 11 is 6.52. The van der Waals surface area contributed by atoms with E-state index >= 15 is 4.39 Å². The summed E-state index contributed by atoms with van der Waals surface area (Å²) in [7, 11) is 1.62. The molecule has 11 heteroatoms. The van der Waals surface area contributed by atoms with Gasteiger partial charge in [-0.2, -0.15) is 4.98 Å². The molecule has 0 bridgehead atoms. The number of nitrogens with zero attached hydrogens (tertiary/aromatic N) is 2. The van der Waals surface area contributed by atoms with Crippen LogP contribution in [0, 0.1) is 5.82 Å². The largest absolute Gasteiger partial charge is 0.456 e. The molecule has 1 aromatic carbocycles. The minimum Gasteiger partial charge on any atom is -0.456 e. The van der Waals surface area contributed by atoms with Crippen molar-refractivity contribution < 1.29 is 28.4 Å². The summed E-state index contributed by atoms with van der Waals surface area (Å²) in [5.41, 5.74) is 3.43. The first-order valence-electron chi connectivity index (χ1n) is 11.9. The van der Waals surface area contributed by atoms with Crippen molar-refractivity contribution in [3.63, 3.8) is 0 Å². The van der Waals surface area contributed by atoms with Gasteiger partial charge in [-0.1, -0.05) is 29.8 Å². The molecule has 0 spiro atoms. The summed E-state index contributed by atoms with van der Waals surface area (Å²) < 4.78 is 37.2. The van der Waals surface area contributed by atoms with E-state index in [1.807, 2.05) is 18.2 Å². The molecule has 36 heavy (non-hydrogen) atoms. The quantitative estimate of drug-likeness (QED) is 0.438. The number of hydrogen-bond acceptors (Lipinski definition) is 8. The lowest BCUT2D eigenvalue weighted by atomic mass is 10.0. The van der Waals surface area contributed by atoms with E-state index in [2.05, 4.69) is 20.3 Å². The topological polar surface area (TPSA) is 111 Å². The molecule has 2 fully saturated rings. The first kappa shape index (κ1) is 23.6. The highest BCUT2D eigenvalue weighted by Crippen LogP contribution is 2.38. The zero-order chi connectivity index (χ0) is 24.8.